The van der Waals surface area contributed by atoms with Gasteiger partial charge in [0.2, 0.25) is 0 Å². The lowest BCUT2D eigenvalue weighted by molar-refractivity contribution is 0.260. The molecule has 39 heavy (non-hydrogen) atoms. The van der Waals surface area contributed by atoms with Gasteiger partial charge in [0.05, 0.1) is 5.69 Å². The Labute approximate surface area is 227 Å². The van der Waals surface area contributed by atoms with Gasteiger partial charge in [0.25, 0.3) is 0 Å². The first-order chi connectivity index (χ1) is 19.3. The first-order valence-corrected chi connectivity index (χ1v) is 13.1. The smallest absolute Gasteiger partial charge is 0.196 e. The fraction of sp³-hybridized carbons (Fsp3) is 0.0588. The summed E-state index contributed by atoms with van der Waals surface area (Å²) in [5.41, 5.74) is 7.41. The molecular formula is C34H26N4O. The molecule has 2 atom stereocenters. The number of hydrogen-bond acceptors (Lipinski definition) is 5. The van der Waals surface area contributed by atoms with Crippen LogP contribution in [0.3, 0.4) is 0 Å². The zero-order valence-corrected chi connectivity index (χ0v) is 21.2. The third-order valence-corrected chi connectivity index (χ3v) is 6.98. The van der Waals surface area contributed by atoms with Gasteiger partial charge in [0.1, 0.15) is 17.4 Å². The molecule has 5 nitrogen and oxygen atoms in total. The third kappa shape index (κ3) is 4.66. The zero-order chi connectivity index (χ0) is 26.0. The second-order valence-electron chi connectivity index (χ2n) is 9.57. The highest BCUT2D eigenvalue weighted by Crippen LogP contribution is 2.37. The minimum atomic E-state index is -0.347. The number of rotatable bonds is 5. The van der Waals surface area contributed by atoms with E-state index in [1.165, 1.54) is 11.1 Å². The first-order valence-electron chi connectivity index (χ1n) is 13.1. The maximum Gasteiger partial charge on any atom is 0.196 e. The first kappa shape index (κ1) is 23.0. The van der Waals surface area contributed by atoms with E-state index in [-0.39, 0.29) is 12.4 Å². The molecule has 5 heteroatoms. The van der Waals surface area contributed by atoms with Crippen LogP contribution in [0, 0.1) is 0 Å². The average molecular weight is 507 g/mol. The van der Waals surface area contributed by atoms with Crippen molar-refractivity contribution in [1.82, 2.24) is 5.32 Å². The van der Waals surface area contributed by atoms with E-state index >= 15 is 0 Å². The van der Waals surface area contributed by atoms with Crippen LogP contribution >= 0.6 is 0 Å². The van der Waals surface area contributed by atoms with E-state index in [2.05, 4.69) is 89.5 Å². The fourth-order valence-corrected chi connectivity index (χ4v) is 4.96. The van der Waals surface area contributed by atoms with Crippen LogP contribution in [-0.2, 0) is 0 Å². The predicted molar refractivity (Wildman–Crippen MR) is 157 cm³/mol. The molecule has 0 saturated carbocycles. The Hall–Kier alpha value is -5.16. The van der Waals surface area contributed by atoms with Crippen molar-refractivity contribution in [2.45, 2.75) is 12.4 Å². The third-order valence-electron chi connectivity index (χ3n) is 6.98. The number of nitrogens with one attached hydrogen (secondary N) is 2. The molecule has 188 valence electrons. The largest absolute Gasteiger partial charge is 0.464 e. The number of ether oxygens (including phenoxy) is 1. The maximum atomic E-state index is 6.17. The molecule has 0 spiro atoms. The Bertz CT molecular complexity index is 1650. The Morgan fingerprint density at radius 2 is 1.10 bits per heavy atom. The van der Waals surface area contributed by atoms with Crippen molar-refractivity contribution in [1.29, 1.82) is 0 Å². The predicted octanol–water partition coefficient (Wildman–Crippen LogP) is 7.35. The van der Waals surface area contributed by atoms with Crippen molar-refractivity contribution in [3.05, 3.63) is 156 Å². The molecule has 0 amide bonds. The number of aliphatic imine (C=N–C) groups is 2. The molecule has 5 aromatic rings. The number of amidine groups is 2. The van der Waals surface area contributed by atoms with Gasteiger partial charge in [-0.3, -0.25) is 0 Å². The Morgan fingerprint density at radius 3 is 1.87 bits per heavy atom. The molecule has 5 aromatic carbocycles. The maximum absolute atomic E-state index is 6.17. The topological polar surface area (TPSA) is 58.0 Å². The Morgan fingerprint density at radius 1 is 0.513 bits per heavy atom. The number of benzene rings is 5. The van der Waals surface area contributed by atoms with Gasteiger partial charge in [-0.25, -0.2) is 9.98 Å². The lowest BCUT2D eigenvalue weighted by atomic mass is 10.0. The minimum Gasteiger partial charge on any atom is -0.464 e. The van der Waals surface area contributed by atoms with E-state index in [0.717, 1.165) is 45.4 Å². The molecule has 0 aliphatic carbocycles. The van der Waals surface area contributed by atoms with Gasteiger partial charge in [-0.2, -0.15) is 0 Å². The summed E-state index contributed by atoms with van der Waals surface area (Å²) in [6.45, 7) is 0. The average Bonchev–Trinajstić information content (AvgIpc) is 3.47. The summed E-state index contributed by atoms with van der Waals surface area (Å²) in [7, 11) is 0. The quantitative estimate of drug-likeness (QED) is 0.262. The van der Waals surface area contributed by atoms with Crippen molar-refractivity contribution in [3.63, 3.8) is 0 Å². The van der Waals surface area contributed by atoms with Crippen LogP contribution in [0.5, 0.6) is 5.75 Å². The van der Waals surface area contributed by atoms with Crippen LogP contribution < -0.4 is 15.4 Å². The van der Waals surface area contributed by atoms with Gasteiger partial charge in [-0.1, -0.05) is 115 Å². The SMILES string of the molecule is c1ccc(-c2ccc(C3=NC(c4ccccc4)N=C(c4cccc(C5Nc6ccccc6O5)c4)N3)cc2)cc1. The molecule has 0 radical (unpaired) electrons. The molecule has 0 bridgehead atoms. The van der Waals surface area contributed by atoms with Gasteiger partial charge >= 0.3 is 0 Å². The molecule has 0 aromatic heterocycles. The van der Waals surface area contributed by atoms with Crippen LogP contribution in [0.25, 0.3) is 11.1 Å². The molecule has 0 saturated heterocycles. The summed E-state index contributed by atoms with van der Waals surface area (Å²) in [5.74, 6) is 2.43. The highest BCUT2D eigenvalue weighted by atomic mass is 16.5. The monoisotopic (exact) mass is 506 g/mol. The summed E-state index contributed by atoms with van der Waals surface area (Å²) in [4.78, 5) is 10.0. The molecule has 0 fully saturated rings. The van der Waals surface area contributed by atoms with Crippen LogP contribution in [0.2, 0.25) is 0 Å². The molecule has 2 heterocycles. The number of hydrogen-bond donors (Lipinski definition) is 2. The van der Waals surface area contributed by atoms with Crippen LogP contribution in [0.4, 0.5) is 5.69 Å². The van der Waals surface area contributed by atoms with Crippen LogP contribution in [0.15, 0.2) is 143 Å². The van der Waals surface area contributed by atoms with Crippen LogP contribution in [0.1, 0.15) is 34.6 Å². The van der Waals surface area contributed by atoms with Gasteiger partial charge in [-0.05, 0) is 34.9 Å². The molecular weight excluding hydrogens is 480 g/mol. The van der Waals surface area contributed by atoms with E-state index in [1.807, 2.05) is 54.6 Å². The molecule has 2 aliphatic rings. The molecule has 7 rings (SSSR count). The summed E-state index contributed by atoms with van der Waals surface area (Å²) < 4.78 is 6.17. The Balaban J connectivity index is 1.21. The molecule has 2 aliphatic heterocycles. The molecule has 2 unspecified atom stereocenters. The van der Waals surface area contributed by atoms with Crippen molar-refractivity contribution < 1.29 is 4.74 Å². The van der Waals surface area contributed by atoms with Crippen molar-refractivity contribution in [2.24, 2.45) is 9.98 Å². The van der Waals surface area contributed by atoms with Gasteiger partial charge in [0, 0.05) is 16.7 Å². The minimum absolute atomic E-state index is 0.255. The van der Waals surface area contributed by atoms with Crippen molar-refractivity contribution in [2.75, 3.05) is 5.32 Å². The lowest BCUT2D eigenvalue weighted by Gasteiger charge is -2.23. The number of para-hydroxylation sites is 2. The second kappa shape index (κ2) is 9.95. The van der Waals surface area contributed by atoms with E-state index in [0.29, 0.717) is 0 Å². The van der Waals surface area contributed by atoms with E-state index < -0.39 is 0 Å². The highest BCUT2D eigenvalue weighted by molar-refractivity contribution is 6.16. The normalized spacial score (nSPS) is 17.6. The van der Waals surface area contributed by atoms with Gasteiger partial charge < -0.3 is 15.4 Å². The van der Waals surface area contributed by atoms with E-state index in [9.17, 15) is 0 Å². The fourth-order valence-electron chi connectivity index (χ4n) is 4.96. The lowest BCUT2D eigenvalue weighted by Crippen LogP contribution is -2.36. The van der Waals surface area contributed by atoms with Crippen LogP contribution in [-0.4, -0.2) is 11.7 Å². The molecule has 2 N–H and O–H groups in total. The highest BCUT2D eigenvalue weighted by Gasteiger charge is 2.25. The Kier molecular flexibility index (Phi) is 5.87. The van der Waals surface area contributed by atoms with Crippen molar-refractivity contribution >= 4 is 17.4 Å². The standard InChI is InChI=1S/C34H26N4O/c1-3-10-23(11-4-1)24-18-20-26(21-19-24)32-36-31(25-12-5-2-6-13-25)37-33(38-32)27-14-9-15-28(22-27)34-35-29-16-7-8-17-30(29)39-34/h1-22,31,34-35H,(H,36,37,38). The number of fused-ring (bicyclic) bond motifs is 1. The van der Waals surface area contributed by atoms with Gasteiger partial charge in [0.15, 0.2) is 12.4 Å². The van der Waals surface area contributed by atoms with E-state index in [4.69, 9.17) is 14.7 Å². The van der Waals surface area contributed by atoms with Crippen molar-refractivity contribution in [3.8, 4) is 16.9 Å². The summed E-state index contributed by atoms with van der Waals surface area (Å²) >= 11 is 0. The second-order valence-corrected chi connectivity index (χ2v) is 9.57. The number of anilines is 1. The van der Waals surface area contributed by atoms with E-state index in [1.54, 1.807) is 0 Å². The summed E-state index contributed by atoms with van der Waals surface area (Å²) in [5, 5.41) is 6.98. The summed E-state index contributed by atoms with van der Waals surface area (Å²) in [6.07, 6.45) is -0.602. The summed E-state index contributed by atoms with van der Waals surface area (Å²) in [6, 6.07) is 45.4. The zero-order valence-electron chi connectivity index (χ0n) is 21.2. The van der Waals surface area contributed by atoms with Gasteiger partial charge in [-0.15, -0.1) is 0 Å². The number of nitrogens with zero attached hydrogens (tertiary/aromatic N) is 2.